The van der Waals surface area contributed by atoms with Crippen LogP contribution in [0.25, 0.3) is 0 Å². The molecule has 0 saturated heterocycles. The molecule has 4 bridgehead atoms. The molecule has 0 fully saturated rings. The van der Waals surface area contributed by atoms with Gasteiger partial charge in [0.1, 0.15) is 11.8 Å². The summed E-state index contributed by atoms with van der Waals surface area (Å²) in [5.41, 5.74) is 3.48. The van der Waals surface area contributed by atoms with Gasteiger partial charge in [-0.3, -0.25) is 19.2 Å². The number of carbonyl (C=O) groups is 2. The third-order valence-corrected chi connectivity index (χ3v) is 7.30. The van der Waals surface area contributed by atoms with Crippen LogP contribution in [0.15, 0.2) is 54.7 Å². The molecule has 2 amide bonds. The predicted octanol–water partition coefficient (Wildman–Crippen LogP) is 3.43. The van der Waals surface area contributed by atoms with Crippen molar-refractivity contribution in [3.63, 3.8) is 0 Å². The number of aromatic nitrogens is 3. The lowest BCUT2D eigenvalue weighted by molar-refractivity contribution is -0.123. The lowest BCUT2D eigenvalue weighted by Gasteiger charge is -2.22. The number of nitrogens with one attached hydrogen (secondary N) is 2. The minimum Gasteiger partial charge on any atom is -0.494 e. The van der Waals surface area contributed by atoms with E-state index in [9.17, 15) is 9.59 Å². The van der Waals surface area contributed by atoms with E-state index in [0.717, 1.165) is 42.9 Å². The first-order valence-corrected chi connectivity index (χ1v) is 14.9. The maximum absolute atomic E-state index is 13.2. The zero-order valence-corrected chi connectivity index (χ0v) is 23.6. The maximum Gasteiger partial charge on any atom is 0.252 e. The molecule has 2 heterocycles. The van der Waals surface area contributed by atoms with E-state index in [4.69, 9.17) is 4.74 Å². The van der Waals surface area contributed by atoms with Gasteiger partial charge < -0.3 is 15.4 Å². The zero-order valence-electron chi connectivity index (χ0n) is 22.8. The van der Waals surface area contributed by atoms with Crippen LogP contribution in [0.4, 0.5) is 0 Å². The molecule has 0 unspecified atom stereocenters. The second kappa shape index (κ2) is 14.7. The van der Waals surface area contributed by atoms with E-state index in [1.807, 2.05) is 54.4 Å². The summed E-state index contributed by atoms with van der Waals surface area (Å²) in [5.74, 6) is 0.972. The average molecular weight is 551 g/mol. The van der Waals surface area contributed by atoms with Gasteiger partial charge in [0.25, 0.3) is 5.91 Å². The summed E-state index contributed by atoms with van der Waals surface area (Å²) in [6, 6.07) is 15.2. The normalized spacial score (nSPS) is 18.1. The molecule has 0 saturated carbocycles. The quantitative estimate of drug-likeness (QED) is 0.502. The molecule has 1 aliphatic rings. The van der Waals surface area contributed by atoms with Gasteiger partial charge in [-0.15, -0.1) is 5.10 Å². The van der Waals surface area contributed by atoms with E-state index in [-0.39, 0.29) is 11.8 Å². The largest absolute Gasteiger partial charge is 0.494 e. The molecule has 0 spiro atoms. The van der Waals surface area contributed by atoms with Gasteiger partial charge in [-0.2, -0.15) is 11.8 Å². The fraction of sp³-hybridized carbons (Fsp3) is 0.448. The Bertz CT molecular complexity index is 1220. The molecule has 2 N–H and O–H groups in total. The molecule has 2 aromatic carbocycles. The van der Waals surface area contributed by atoms with Crippen LogP contribution in [-0.2, 0) is 24.4 Å². The highest BCUT2D eigenvalue weighted by molar-refractivity contribution is 7.98. The standard InChI is InChI=1S/C29H38N6O3S/c1-22-10-11-25-18-26(22)28(36)31-27(12-17-39-2)29(37)30-13-6-14-34(19-23-8-4-3-5-9-23)20-24-21-35(33-32-24)15-7-16-38-25/h3-5,8-11,18,21,27H,6-7,12-17,19-20H2,1-2H3,(H,30,37)(H,31,36)/t27-/m0/s1. The highest BCUT2D eigenvalue weighted by atomic mass is 32.2. The number of thioether (sulfide) groups is 1. The molecule has 9 nitrogen and oxygen atoms in total. The van der Waals surface area contributed by atoms with Crippen LogP contribution in [0.5, 0.6) is 5.75 Å². The molecule has 1 aromatic heterocycles. The Labute approximate surface area is 234 Å². The number of fused-ring (bicyclic) bond motifs is 4. The summed E-state index contributed by atoms with van der Waals surface area (Å²) in [7, 11) is 0. The second-order valence-electron chi connectivity index (χ2n) is 9.80. The Morgan fingerprint density at radius 2 is 1.95 bits per heavy atom. The number of ether oxygens (including phenoxy) is 1. The van der Waals surface area contributed by atoms with E-state index in [1.165, 1.54) is 5.56 Å². The van der Waals surface area contributed by atoms with Crippen molar-refractivity contribution in [2.75, 3.05) is 31.7 Å². The second-order valence-corrected chi connectivity index (χ2v) is 10.8. The van der Waals surface area contributed by atoms with E-state index >= 15 is 0 Å². The van der Waals surface area contributed by atoms with E-state index < -0.39 is 6.04 Å². The van der Waals surface area contributed by atoms with Gasteiger partial charge in [0.2, 0.25) is 5.91 Å². The molecule has 0 radical (unpaired) electrons. The average Bonchev–Trinajstić information content (AvgIpc) is 3.39. The molecule has 10 heteroatoms. The lowest BCUT2D eigenvalue weighted by atomic mass is 10.1. The van der Waals surface area contributed by atoms with Gasteiger partial charge in [-0.25, -0.2) is 0 Å². The summed E-state index contributed by atoms with van der Waals surface area (Å²) in [6.07, 6.45) is 6.07. The first kappa shape index (κ1) is 28.6. The van der Waals surface area contributed by atoms with Crippen LogP contribution >= 0.6 is 11.8 Å². The van der Waals surface area contributed by atoms with E-state index in [0.29, 0.717) is 44.0 Å². The SMILES string of the molecule is CSCC[C@@H]1NC(=O)c2cc(ccc2C)OCCCn2cc(nn2)CN(Cc2ccccc2)CCCNC1=O. The number of amides is 2. The Kier molecular flexibility index (Phi) is 10.8. The number of nitrogens with zero attached hydrogens (tertiary/aromatic N) is 4. The Morgan fingerprint density at radius 1 is 1.10 bits per heavy atom. The topological polar surface area (TPSA) is 101 Å². The van der Waals surface area contributed by atoms with Crippen LogP contribution < -0.4 is 15.4 Å². The Hall–Kier alpha value is -3.37. The highest BCUT2D eigenvalue weighted by Crippen LogP contribution is 2.18. The van der Waals surface area contributed by atoms with E-state index in [2.05, 4.69) is 38.0 Å². The summed E-state index contributed by atoms with van der Waals surface area (Å²) >= 11 is 1.65. The van der Waals surface area contributed by atoms with Gasteiger partial charge in [-0.05, 0) is 55.0 Å². The smallest absolute Gasteiger partial charge is 0.252 e. The molecule has 4 rings (SSSR count). The Morgan fingerprint density at radius 3 is 2.77 bits per heavy atom. The summed E-state index contributed by atoms with van der Waals surface area (Å²) in [4.78, 5) is 28.6. The lowest BCUT2D eigenvalue weighted by Crippen LogP contribution is -2.47. The first-order chi connectivity index (χ1) is 19.0. The van der Waals surface area contributed by atoms with Crippen molar-refractivity contribution in [1.82, 2.24) is 30.5 Å². The van der Waals surface area contributed by atoms with Crippen LogP contribution in [0, 0.1) is 6.92 Å². The molecule has 1 atom stereocenters. The molecule has 1 aliphatic heterocycles. The summed E-state index contributed by atoms with van der Waals surface area (Å²) in [5, 5.41) is 14.7. The predicted molar refractivity (Wildman–Crippen MR) is 154 cm³/mol. The number of carbonyl (C=O) groups excluding carboxylic acids is 2. The fourth-order valence-corrected chi connectivity index (χ4v) is 5.01. The van der Waals surface area contributed by atoms with Gasteiger partial charge >= 0.3 is 0 Å². The molecule has 39 heavy (non-hydrogen) atoms. The fourth-order valence-electron chi connectivity index (χ4n) is 4.54. The molecule has 208 valence electrons. The van der Waals surface area contributed by atoms with Crippen molar-refractivity contribution in [2.45, 2.75) is 51.9 Å². The van der Waals surface area contributed by atoms with Crippen molar-refractivity contribution < 1.29 is 14.3 Å². The van der Waals surface area contributed by atoms with Gasteiger partial charge in [0.05, 0.1) is 12.3 Å². The van der Waals surface area contributed by atoms with Crippen molar-refractivity contribution >= 4 is 23.6 Å². The van der Waals surface area contributed by atoms with Crippen molar-refractivity contribution in [1.29, 1.82) is 0 Å². The minimum absolute atomic E-state index is 0.158. The number of hydrogen-bond acceptors (Lipinski definition) is 7. The van der Waals surface area contributed by atoms with Crippen LogP contribution in [0.1, 0.15) is 46.4 Å². The maximum atomic E-state index is 13.2. The minimum atomic E-state index is -0.602. The molecular weight excluding hydrogens is 512 g/mol. The van der Waals surface area contributed by atoms with Gasteiger partial charge in [0.15, 0.2) is 0 Å². The third-order valence-electron chi connectivity index (χ3n) is 6.66. The molecule has 0 aliphatic carbocycles. The van der Waals surface area contributed by atoms with Crippen LogP contribution in [0.2, 0.25) is 0 Å². The number of benzene rings is 2. The Balaban J connectivity index is 1.51. The van der Waals surface area contributed by atoms with Crippen molar-refractivity contribution in [3.05, 3.63) is 77.1 Å². The summed E-state index contributed by atoms with van der Waals surface area (Å²) in [6.45, 7) is 5.80. The number of aryl methyl sites for hydroxylation is 2. The van der Waals surface area contributed by atoms with Crippen LogP contribution in [0.3, 0.4) is 0 Å². The monoisotopic (exact) mass is 550 g/mol. The van der Waals surface area contributed by atoms with Crippen molar-refractivity contribution in [2.24, 2.45) is 0 Å². The van der Waals surface area contributed by atoms with Gasteiger partial charge in [0, 0.05) is 50.9 Å². The first-order valence-electron chi connectivity index (χ1n) is 13.5. The molecular formula is C29H38N6O3S. The van der Waals surface area contributed by atoms with Gasteiger partial charge in [-0.1, -0.05) is 41.6 Å². The highest BCUT2D eigenvalue weighted by Gasteiger charge is 2.22. The molecule has 3 aromatic rings. The van der Waals surface area contributed by atoms with E-state index in [1.54, 1.807) is 17.8 Å². The zero-order chi connectivity index (χ0) is 27.5. The third kappa shape index (κ3) is 8.83. The van der Waals surface area contributed by atoms with Crippen molar-refractivity contribution in [3.8, 4) is 5.75 Å². The summed E-state index contributed by atoms with van der Waals surface area (Å²) < 4.78 is 7.79. The number of rotatable bonds is 5. The number of hydrogen-bond donors (Lipinski definition) is 2. The van der Waals surface area contributed by atoms with Crippen LogP contribution in [-0.4, -0.2) is 69.5 Å².